The van der Waals surface area contributed by atoms with Crippen LogP contribution in [0.15, 0.2) is 29.4 Å². The van der Waals surface area contributed by atoms with Gasteiger partial charge in [-0.1, -0.05) is 11.6 Å². The molecule has 0 spiro atoms. The fraction of sp³-hybridized carbons (Fsp3) is 0.100. The monoisotopic (exact) mass is 206 g/mol. The van der Waals surface area contributed by atoms with Crippen molar-refractivity contribution in [2.75, 3.05) is 11.9 Å². The van der Waals surface area contributed by atoms with Crippen LogP contribution in [0.4, 0.5) is 5.69 Å². The summed E-state index contributed by atoms with van der Waals surface area (Å²) in [5, 5.41) is 8.55. The summed E-state index contributed by atoms with van der Waals surface area (Å²) in [5.41, 5.74) is 1.30. The van der Waals surface area contributed by atoms with Crippen molar-refractivity contribution in [3.05, 3.63) is 35.0 Å². The highest BCUT2D eigenvalue weighted by molar-refractivity contribution is 6.34. The van der Waals surface area contributed by atoms with Gasteiger partial charge in [0.05, 0.1) is 11.6 Å². The minimum absolute atomic E-state index is 0.0188. The molecule has 0 amide bonds. The molecule has 4 heteroatoms. The first kappa shape index (κ1) is 10.3. The molecule has 0 aliphatic rings. The Morgan fingerprint density at radius 1 is 1.43 bits per heavy atom. The first-order valence-corrected chi connectivity index (χ1v) is 4.21. The first-order chi connectivity index (χ1) is 6.69. The molecule has 14 heavy (non-hydrogen) atoms. The van der Waals surface area contributed by atoms with E-state index >= 15 is 0 Å². The molecule has 1 aromatic carbocycles. The zero-order chi connectivity index (χ0) is 10.6. The van der Waals surface area contributed by atoms with Gasteiger partial charge in [-0.2, -0.15) is 5.26 Å². The molecular formula is C10H7ClN2O. The molecule has 1 aromatic rings. The van der Waals surface area contributed by atoms with E-state index in [4.69, 9.17) is 16.9 Å². The van der Waals surface area contributed by atoms with E-state index < -0.39 is 0 Å². The molecule has 3 nitrogen and oxygen atoms in total. The van der Waals surface area contributed by atoms with Crippen molar-refractivity contribution in [2.45, 2.75) is 0 Å². The second-order valence-corrected chi connectivity index (χ2v) is 2.97. The van der Waals surface area contributed by atoms with Crippen LogP contribution in [0, 0.1) is 11.3 Å². The van der Waals surface area contributed by atoms with Crippen LogP contribution in [-0.4, -0.2) is 13.0 Å². The third kappa shape index (κ3) is 2.14. The van der Waals surface area contributed by atoms with E-state index in [1.807, 2.05) is 6.07 Å². The fourth-order valence-corrected chi connectivity index (χ4v) is 1.04. The second kappa shape index (κ2) is 4.48. The standard InChI is InChI=1S/C10H7ClN2O/c1-13(10(11)7-14)9-4-2-8(6-12)3-5-9/h2-5H,1H3. The van der Waals surface area contributed by atoms with E-state index in [-0.39, 0.29) is 5.16 Å². The number of nitriles is 1. The van der Waals surface area contributed by atoms with Gasteiger partial charge in [0.1, 0.15) is 0 Å². The van der Waals surface area contributed by atoms with Gasteiger partial charge in [-0.15, -0.1) is 0 Å². The molecule has 0 saturated carbocycles. The Balaban J connectivity index is 2.99. The lowest BCUT2D eigenvalue weighted by Crippen LogP contribution is -2.12. The van der Waals surface area contributed by atoms with Crippen LogP contribution in [-0.2, 0) is 4.79 Å². The van der Waals surface area contributed by atoms with Crippen LogP contribution < -0.4 is 4.90 Å². The van der Waals surface area contributed by atoms with Gasteiger partial charge < -0.3 is 4.90 Å². The Morgan fingerprint density at radius 2 is 2.00 bits per heavy atom. The highest BCUT2D eigenvalue weighted by Gasteiger charge is 2.04. The van der Waals surface area contributed by atoms with Gasteiger partial charge in [0.25, 0.3) is 0 Å². The molecule has 0 heterocycles. The highest BCUT2D eigenvalue weighted by atomic mass is 35.5. The zero-order valence-corrected chi connectivity index (χ0v) is 8.25. The maximum atomic E-state index is 10.3. The van der Waals surface area contributed by atoms with E-state index in [9.17, 15) is 4.79 Å². The Bertz CT molecular complexity index is 413. The molecular weight excluding hydrogens is 200 g/mol. The number of anilines is 1. The lowest BCUT2D eigenvalue weighted by molar-refractivity contribution is 0.567. The summed E-state index contributed by atoms with van der Waals surface area (Å²) < 4.78 is 0. The Kier molecular flexibility index (Phi) is 3.30. The second-order valence-electron chi connectivity index (χ2n) is 2.61. The molecule has 0 fully saturated rings. The molecule has 0 saturated heterocycles. The molecule has 0 aliphatic heterocycles. The molecule has 0 aromatic heterocycles. The predicted molar refractivity (Wildman–Crippen MR) is 54.6 cm³/mol. The van der Waals surface area contributed by atoms with E-state index in [0.717, 1.165) is 5.69 Å². The van der Waals surface area contributed by atoms with Crippen molar-refractivity contribution in [1.82, 2.24) is 0 Å². The molecule has 0 aliphatic carbocycles. The highest BCUT2D eigenvalue weighted by Crippen LogP contribution is 2.18. The summed E-state index contributed by atoms with van der Waals surface area (Å²) in [6.07, 6.45) is 0. The number of halogens is 1. The van der Waals surface area contributed by atoms with Crippen LogP contribution in [0.25, 0.3) is 0 Å². The minimum atomic E-state index is -0.0188. The van der Waals surface area contributed by atoms with E-state index in [1.54, 1.807) is 37.3 Å². The van der Waals surface area contributed by atoms with Crippen LogP contribution >= 0.6 is 11.6 Å². The summed E-state index contributed by atoms with van der Waals surface area (Å²) in [4.78, 5) is 11.7. The van der Waals surface area contributed by atoms with Gasteiger partial charge >= 0.3 is 0 Å². The van der Waals surface area contributed by atoms with Crippen molar-refractivity contribution < 1.29 is 4.79 Å². The van der Waals surface area contributed by atoms with Gasteiger partial charge in [0.2, 0.25) is 0 Å². The quantitative estimate of drug-likeness (QED) is 0.549. The van der Waals surface area contributed by atoms with Crippen LogP contribution in [0.5, 0.6) is 0 Å². The third-order valence-corrected chi connectivity index (χ3v) is 2.09. The maximum absolute atomic E-state index is 10.3. The number of benzene rings is 1. The first-order valence-electron chi connectivity index (χ1n) is 3.83. The van der Waals surface area contributed by atoms with Crippen molar-refractivity contribution in [2.24, 2.45) is 0 Å². The smallest absolute Gasteiger partial charge is 0.194 e. The van der Waals surface area contributed by atoms with Gasteiger partial charge in [0.15, 0.2) is 11.1 Å². The summed E-state index contributed by atoms with van der Waals surface area (Å²) >= 11 is 5.58. The minimum Gasteiger partial charge on any atom is -0.326 e. The normalized spacial score (nSPS) is 8.64. The SMILES string of the molecule is CN(C(Cl)=C=O)c1ccc(C#N)cc1. The topological polar surface area (TPSA) is 44.1 Å². The molecule has 0 bridgehead atoms. The van der Waals surface area contributed by atoms with Crippen LogP contribution in [0.3, 0.4) is 0 Å². The van der Waals surface area contributed by atoms with Crippen molar-refractivity contribution >= 4 is 23.2 Å². The van der Waals surface area contributed by atoms with Gasteiger partial charge in [-0.05, 0) is 24.3 Å². The van der Waals surface area contributed by atoms with Crippen molar-refractivity contribution in [3.8, 4) is 6.07 Å². The molecule has 0 N–H and O–H groups in total. The number of hydrogen-bond acceptors (Lipinski definition) is 3. The number of hydrogen-bond donors (Lipinski definition) is 0. The largest absolute Gasteiger partial charge is 0.326 e. The molecule has 0 unspecified atom stereocenters. The number of rotatable bonds is 2. The maximum Gasteiger partial charge on any atom is 0.194 e. The van der Waals surface area contributed by atoms with E-state index in [1.165, 1.54) is 4.90 Å². The predicted octanol–water partition coefficient (Wildman–Crippen LogP) is 1.91. The zero-order valence-electron chi connectivity index (χ0n) is 7.49. The van der Waals surface area contributed by atoms with Gasteiger partial charge in [0, 0.05) is 12.7 Å². The van der Waals surface area contributed by atoms with Crippen molar-refractivity contribution in [1.29, 1.82) is 5.26 Å². The van der Waals surface area contributed by atoms with E-state index in [2.05, 4.69) is 0 Å². The lowest BCUT2D eigenvalue weighted by atomic mass is 10.2. The summed E-state index contributed by atoms with van der Waals surface area (Å²) in [6.45, 7) is 0. The van der Waals surface area contributed by atoms with Crippen molar-refractivity contribution in [3.63, 3.8) is 0 Å². The van der Waals surface area contributed by atoms with E-state index in [0.29, 0.717) is 5.56 Å². The number of carbonyl (C=O) groups excluding carboxylic acids is 1. The molecule has 0 radical (unpaired) electrons. The summed E-state index contributed by atoms with van der Waals surface area (Å²) in [6, 6.07) is 8.72. The average Bonchev–Trinajstić information content (AvgIpc) is 2.27. The number of nitrogens with zero attached hydrogens (tertiary/aromatic N) is 2. The fourth-order valence-electron chi connectivity index (χ4n) is 0.941. The van der Waals surface area contributed by atoms with Gasteiger partial charge in [-0.3, -0.25) is 0 Å². The summed E-state index contributed by atoms with van der Waals surface area (Å²) in [5.74, 6) is 1.58. The third-order valence-electron chi connectivity index (χ3n) is 1.76. The van der Waals surface area contributed by atoms with Crippen LogP contribution in [0.2, 0.25) is 0 Å². The van der Waals surface area contributed by atoms with Gasteiger partial charge in [-0.25, -0.2) is 4.79 Å². The summed E-state index contributed by atoms with van der Waals surface area (Å²) in [7, 11) is 1.65. The molecule has 70 valence electrons. The van der Waals surface area contributed by atoms with Crippen LogP contribution in [0.1, 0.15) is 5.56 Å². The Hall–Kier alpha value is -1.75. The Morgan fingerprint density at radius 3 is 2.43 bits per heavy atom. The Labute approximate surface area is 86.8 Å². The average molecular weight is 207 g/mol. The molecule has 1 rings (SSSR count). The molecule has 0 atom stereocenters. The lowest BCUT2D eigenvalue weighted by Gasteiger charge is -2.14.